The minimum absolute atomic E-state index is 0.260. The van der Waals surface area contributed by atoms with E-state index < -0.39 is 5.97 Å². The molecule has 3 nitrogen and oxygen atoms in total. The van der Waals surface area contributed by atoms with E-state index in [1.165, 1.54) is 11.1 Å². The average Bonchev–Trinajstić information content (AvgIpc) is 2.22. The number of carboxylic acids is 1. The van der Waals surface area contributed by atoms with Crippen LogP contribution in [0.1, 0.15) is 18.1 Å². The molecule has 1 atom stereocenters. The van der Waals surface area contributed by atoms with E-state index in [0.717, 1.165) is 12.5 Å². The molecular formula is C13H19NO2. The molecule has 16 heavy (non-hydrogen) atoms. The second-order valence-electron chi connectivity index (χ2n) is 3.65. The highest BCUT2D eigenvalue weighted by molar-refractivity contribution is 5.78. The number of nitrogens with two attached hydrogens (primary N) is 1. The monoisotopic (exact) mass is 221 g/mol. The molecule has 0 aliphatic heterocycles. The van der Waals surface area contributed by atoms with Gasteiger partial charge in [-0.15, -0.1) is 0 Å². The quantitative estimate of drug-likeness (QED) is 0.769. The van der Waals surface area contributed by atoms with Crippen LogP contribution in [0.2, 0.25) is 0 Å². The standard InChI is InChI=1S/C10H15N.C3H4O2/c1-8-5-3-4-6-10(8)7-9(2)11;1-2-3(4)5/h3-6,9H,7,11H2,1-2H3;2H,1H2,(H,4,5). The number of rotatable bonds is 3. The van der Waals surface area contributed by atoms with E-state index in [1.807, 2.05) is 6.92 Å². The molecule has 0 amide bonds. The molecule has 0 heterocycles. The van der Waals surface area contributed by atoms with Crippen molar-refractivity contribution in [2.75, 3.05) is 0 Å². The lowest BCUT2D eigenvalue weighted by atomic mass is 10.0. The van der Waals surface area contributed by atoms with Crippen molar-refractivity contribution in [2.24, 2.45) is 5.73 Å². The van der Waals surface area contributed by atoms with Crippen LogP contribution in [0.3, 0.4) is 0 Å². The molecule has 1 aromatic carbocycles. The summed E-state index contributed by atoms with van der Waals surface area (Å²) in [6, 6.07) is 8.64. The van der Waals surface area contributed by atoms with Gasteiger partial charge in [-0.25, -0.2) is 4.79 Å². The van der Waals surface area contributed by atoms with Crippen LogP contribution >= 0.6 is 0 Å². The van der Waals surface area contributed by atoms with Crippen LogP contribution in [0.4, 0.5) is 0 Å². The first-order valence-corrected chi connectivity index (χ1v) is 5.12. The summed E-state index contributed by atoms with van der Waals surface area (Å²) in [6.45, 7) is 7.12. The van der Waals surface area contributed by atoms with Crippen LogP contribution < -0.4 is 5.73 Å². The van der Waals surface area contributed by atoms with Gasteiger partial charge >= 0.3 is 5.97 Å². The number of carboxylic acid groups (broad SMARTS) is 1. The third-order valence-electron chi connectivity index (χ3n) is 1.98. The van der Waals surface area contributed by atoms with E-state index in [4.69, 9.17) is 10.8 Å². The molecule has 1 rings (SSSR count). The van der Waals surface area contributed by atoms with Crippen molar-refractivity contribution in [1.82, 2.24) is 0 Å². The number of aliphatic carboxylic acids is 1. The molecule has 3 N–H and O–H groups in total. The molecule has 0 saturated carbocycles. The maximum absolute atomic E-state index is 9.25. The van der Waals surface area contributed by atoms with E-state index in [9.17, 15) is 4.79 Å². The summed E-state index contributed by atoms with van der Waals surface area (Å²) in [4.78, 5) is 9.25. The Bertz CT molecular complexity index is 346. The Kier molecular flexibility index (Phi) is 6.88. The summed E-state index contributed by atoms with van der Waals surface area (Å²) in [5.74, 6) is -0.981. The Labute approximate surface area is 96.6 Å². The molecule has 0 radical (unpaired) electrons. The molecule has 0 saturated heterocycles. The fourth-order valence-electron chi connectivity index (χ4n) is 1.19. The molecule has 3 heteroatoms. The van der Waals surface area contributed by atoms with E-state index in [0.29, 0.717) is 0 Å². The Morgan fingerprint density at radius 2 is 2.06 bits per heavy atom. The van der Waals surface area contributed by atoms with Crippen molar-refractivity contribution < 1.29 is 9.90 Å². The first-order chi connectivity index (χ1) is 7.47. The molecule has 0 aliphatic carbocycles. The third kappa shape index (κ3) is 6.79. The highest BCUT2D eigenvalue weighted by Gasteiger charge is 1.99. The van der Waals surface area contributed by atoms with Crippen molar-refractivity contribution in [3.63, 3.8) is 0 Å². The van der Waals surface area contributed by atoms with Crippen LogP contribution in [0.25, 0.3) is 0 Å². The average molecular weight is 221 g/mol. The van der Waals surface area contributed by atoms with Gasteiger partial charge in [0.05, 0.1) is 0 Å². The molecule has 88 valence electrons. The van der Waals surface area contributed by atoms with Crippen LogP contribution in [0.5, 0.6) is 0 Å². The largest absolute Gasteiger partial charge is 0.478 e. The summed E-state index contributed by atoms with van der Waals surface area (Å²) in [7, 11) is 0. The smallest absolute Gasteiger partial charge is 0.327 e. The van der Waals surface area contributed by atoms with Crippen molar-refractivity contribution in [2.45, 2.75) is 26.3 Å². The molecule has 1 aromatic rings. The predicted octanol–water partition coefficient (Wildman–Crippen LogP) is 2.14. The van der Waals surface area contributed by atoms with Crippen molar-refractivity contribution in [3.8, 4) is 0 Å². The zero-order chi connectivity index (χ0) is 12.6. The first-order valence-electron chi connectivity index (χ1n) is 5.12. The lowest BCUT2D eigenvalue weighted by molar-refractivity contribution is -0.131. The van der Waals surface area contributed by atoms with E-state index in [1.54, 1.807) is 0 Å². The first kappa shape index (κ1) is 14.4. The maximum atomic E-state index is 9.25. The van der Waals surface area contributed by atoms with Gasteiger partial charge in [-0.2, -0.15) is 0 Å². The number of aryl methyl sites for hydroxylation is 1. The molecule has 0 bridgehead atoms. The highest BCUT2D eigenvalue weighted by Crippen LogP contribution is 2.08. The van der Waals surface area contributed by atoms with Crippen LogP contribution in [0, 0.1) is 6.92 Å². The summed E-state index contributed by atoms with van der Waals surface area (Å²) in [5.41, 5.74) is 8.39. The summed E-state index contributed by atoms with van der Waals surface area (Å²) >= 11 is 0. The van der Waals surface area contributed by atoms with Gasteiger partial charge in [0.25, 0.3) is 0 Å². The SMILES string of the molecule is C=CC(=O)O.Cc1ccccc1CC(C)N. The minimum atomic E-state index is -0.981. The zero-order valence-corrected chi connectivity index (χ0v) is 9.81. The Morgan fingerprint density at radius 3 is 2.44 bits per heavy atom. The summed E-state index contributed by atoms with van der Waals surface area (Å²) in [6.07, 6.45) is 1.81. The number of hydrogen-bond donors (Lipinski definition) is 2. The molecular weight excluding hydrogens is 202 g/mol. The van der Waals surface area contributed by atoms with Gasteiger partial charge in [-0.05, 0) is 31.4 Å². The number of benzene rings is 1. The van der Waals surface area contributed by atoms with Gasteiger partial charge in [0.15, 0.2) is 0 Å². The van der Waals surface area contributed by atoms with Crippen LogP contribution in [-0.2, 0) is 11.2 Å². The molecule has 0 aliphatic rings. The van der Waals surface area contributed by atoms with E-state index in [-0.39, 0.29) is 6.04 Å². The van der Waals surface area contributed by atoms with Crippen LogP contribution in [0.15, 0.2) is 36.9 Å². The van der Waals surface area contributed by atoms with Gasteiger partial charge in [-0.3, -0.25) is 0 Å². The Morgan fingerprint density at radius 1 is 1.56 bits per heavy atom. The van der Waals surface area contributed by atoms with Crippen LogP contribution in [-0.4, -0.2) is 17.1 Å². The lowest BCUT2D eigenvalue weighted by Crippen LogP contribution is -2.18. The highest BCUT2D eigenvalue weighted by atomic mass is 16.4. The second kappa shape index (κ2) is 7.65. The molecule has 0 aromatic heterocycles. The van der Waals surface area contributed by atoms with Gasteiger partial charge in [0, 0.05) is 12.1 Å². The van der Waals surface area contributed by atoms with Crippen molar-refractivity contribution >= 4 is 5.97 Å². The summed E-state index contributed by atoms with van der Waals surface area (Å²) in [5, 5.41) is 7.60. The van der Waals surface area contributed by atoms with Gasteiger partial charge in [-0.1, -0.05) is 30.8 Å². The lowest BCUT2D eigenvalue weighted by Gasteiger charge is -2.07. The zero-order valence-electron chi connectivity index (χ0n) is 9.81. The van der Waals surface area contributed by atoms with Gasteiger partial charge < -0.3 is 10.8 Å². The third-order valence-corrected chi connectivity index (χ3v) is 1.98. The topological polar surface area (TPSA) is 63.3 Å². The van der Waals surface area contributed by atoms with E-state index in [2.05, 4.69) is 37.8 Å². The van der Waals surface area contributed by atoms with Gasteiger partial charge in [0.2, 0.25) is 0 Å². The van der Waals surface area contributed by atoms with Gasteiger partial charge in [0.1, 0.15) is 0 Å². The van der Waals surface area contributed by atoms with Crippen molar-refractivity contribution in [1.29, 1.82) is 0 Å². The molecule has 1 unspecified atom stereocenters. The fourth-order valence-corrected chi connectivity index (χ4v) is 1.19. The molecule has 0 fully saturated rings. The Balaban J connectivity index is 0.000000385. The van der Waals surface area contributed by atoms with E-state index >= 15 is 0 Å². The fraction of sp³-hybridized carbons (Fsp3) is 0.308. The summed E-state index contributed by atoms with van der Waals surface area (Å²) < 4.78 is 0. The predicted molar refractivity (Wildman–Crippen MR) is 66.4 cm³/mol. The minimum Gasteiger partial charge on any atom is -0.478 e. The maximum Gasteiger partial charge on any atom is 0.327 e. The second-order valence-corrected chi connectivity index (χ2v) is 3.65. The number of hydrogen-bond acceptors (Lipinski definition) is 2. The van der Waals surface area contributed by atoms with Crippen molar-refractivity contribution in [3.05, 3.63) is 48.0 Å². The normalized spacial score (nSPS) is 10.9. The number of carbonyl (C=O) groups is 1. The Hall–Kier alpha value is -1.61. The molecule has 0 spiro atoms.